The van der Waals surface area contributed by atoms with Crippen LogP contribution in [-0.4, -0.2) is 41.9 Å². The first-order valence-corrected chi connectivity index (χ1v) is 12.8. The van der Waals surface area contributed by atoms with Crippen molar-refractivity contribution in [1.82, 2.24) is 4.90 Å². The van der Waals surface area contributed by atoms with Gasteiger partial charge in [0.2, 0.25) is 0 Å². The Morgan fingerprint density at radius 2 is 1.88 bits per heavy atom. The lowest BCUT2D eigenvalue weighted by molar-refractivity contribution is -0.203. The monoisotopic (exact) mass is 457 g/mol. The van der Waals surface area contributed by atoms with Gasteiger partial charge in [0.15, 0.2) is 0 Å². The summed E-state index contributed by atoms with van der Waals surface area (Å²) in [5.41, 5.74) is 0.0768. The Labute approximate surface area is 196 Å². The van der Waals surface area contributed by atoms with Crippen molar-refractivity contribution < 1.29 is 19.1 Å². The Kier molecular flexibility index (Phi) is 5.47. The molecule has 0 spiro atoms. The van der Waals surface area contributed by atoms with Crippen LogP contribution in [0.25, 0.3) is 0 Å². The third-order valence-electron chi connectivity index (χ3n) is 11.0. The number of amides is 1. The van der Waals surface area contributed by atoms with E-state index >= 15 is 0 Å². The first-order valence-electron chi connectivity index (χ1n) is 12.8. The number of carbonyl (C=O) groups is 1. The van der Waals surface area contributed by atoms with Gasteiger partial charge >= 0.3 is 11.7 Å². The van der Waals surface area contributed by atoms with Gasteiger partial charge in [0.1, 0.15) is 0 Å². The second-order valence-electron chi connectivity index (χ2n) is 11.9. The van der Waals surface area contributed by atoms with Gasteiger partial charge in [-0.25, -0.2) is 9.59 Å². The van der Waals surface area contributed by atoms with Crippen LogP contribution in [0.4, 0.5) is 4.79 Å². The quantitative estimate of drug-likeness (QED) is 0.680. The van der Waals surface area contributed by atoms with Crippen LogP contribution in [-0.2, 0) is 4.74 Å². The molecule has 4 fully saturated rings. The van der Waals surface area contributed by atoms with Crippen molar-refractivity contribution in [2.24, 2.45) is 28.6 Å². The summed E-state index contributed by atoms with van der Waals surface area (Å²) in [7, 11) is 3.32. The van der Waals surface area contributed by atoms with Crippen molar-refractivity contribution in [2.45, 2.75) is 89.2 Å². The van der Waals surface area contributed by atoms with E-state index in [4.69, 9.17) is 9.15 Å². The Balaban J connectivity index is 1.39. The highest BCUT2D eigenvalue weighted by Crippen LogP contribution is 2.70. The van der Waals surface area contributed by atoms with E-state index in [-0.39, 0.29) is 34.5 Å². The van der Waals surface area contributed by atoms with Crippen molar-refractivity contribution in [2.75, 3.05) is 14.2 Å². The first kappa shape index (κ1) is 22.9. The van der Waals surface area contributed by atoms with Gasteiger partial charge < -0.3 is 19.2 Å². The summed E-state index contributed by atoms with van der Waals surface area (Å²) in [5, 5.41) is 12.3. The van der Waals surface area contributed by atoms with Crippen LogP contribution in [0.15, 0.2) is 27.6 Å². The second kappa shape index (κ2) is 7.86. The molecule has 1 unspecified atom stereocenters. The minimum absolute atomic E-state index is 0.195. The van der Waals surface area contributed by atoms with Gasteiger partial charge in [-0.1, -0.05) is 13.8 Å². The molecule has 1 heterocycles. The Bertz CT molecular complexity index is 955. The van der Waals surface area contributed by atoms with Crippen LogP contribution in [0, 0.1) is 28.6 Å². The second-order valence-corrected chi connectivity index (χ2v) is 11.9. The fourth-order valence-electron chi connectivity index (χ4n) is 8.95. The summed E-state index contributed by atoms with van der Waals surface area (Å²) in [6.45, 7) is 4.75. The number of fused-ring (bicyclic) bond motifs is 5. The van der Waals surface area contributed by atoms with E-state index in [0.29, 0.717) is 17.8 Å². The third-order valence-corrected chi connectivity index (χ3v) is 11.0. The standard InChI is InChI=1S/C27H39NO5/c1-25-12-9-19(28(3)24(30)32-4)15-18(25)6-7-22-21(25)10-13-26(2)20(11-14-27(22,26)31)17-5-8-23(29)33-16-17/h5,8,16,18-22,31H,6-7,9-15H2,1-4H3/t18-,19?,20-,21+,22-,25+,26-,27+/m1/s1. The predicted octanol–water partition coefficient (Wildman–Crippen LogP) is 4.95. The third kappa shape index (κ3) is 3.23. The molecular weight excluding hydrogens is 418 g/mol. The number of hydrogen-bond acceptors (Lipinski definition) is 5. The minimum atomic E-state index is -0.676. The van der Waals surface area contributed by atoms with Gasteiger partial charge in [0.25, 0.3) is 0 Å². The molecule has 1 aromatic heterocycles. The topological polar surface area (TPSA) is 80.0 Å². The molecule has 0 aliphatic heterocycles. The maximum absolute atomic E-state index is 12.3. The van der Waals surface area contributed by atoms with Gasteiger partial charge in [0, 0.05) is 24.6 Å². The molecule has 1 N–H and O–H groups in total. The van der Waals surface area contributed by atoms with Crippen LogP contribution < -0.4 is 5.63 Å². The summed E-state index contributed by atoms with van der Waals surface area (Å²) < 4.78 is 10.2. The van der Waals surface area contributed by atoms with E-state index in [1.807, 2.05) is 13.1 Å². The highest BCUT2D eigenvalue weighted by atomic mass is 16.5. The molecule has 0 bridgehead atoms. The molecule has 1 aromatic rings. The lowest BCUT2D eigenvalue weighted by Gasteiger charge is -2.64. The number of ether oxygens (including phenoxy) is 1. The number of carbonyl (C=O) groups excluding carboxylic acids is 1. The van der Waals surface area contributed by atoms with Crippen molar-refractivity contribution in [3.8, 4) is 0 Å². The molecule has 4 aliphatic carbocycles. The highest BCUT2D eigenvalue weighted by Gasteiger charge is 2.67. The SMILES string of the molecule is COC(=O)N(C)C1CC[C@@]2(C)[C@H](CC[C@@H]3[C@@H]2CC[C@]2(C)[C@@H](c4ccc(=O)oc4)CC[C@]32O)C1. The maximum Gasteiger partial charge on any atom is 0.409 e. The molecule has 0 aromatic carbocycles. The predicted molar refractivity (Wildman–Crippen MR) is 125 cm³/mol. The zero-order valence-electron chi connectivity index (χ0n) is 20.5. The lowest BCUT2D eigenvalue weighted by Crippen LogP contribution is -2.62. The normalized spacial score (nSPS) is 44.3. The molecule has 182 valence electrons. The van der Waals surface area contributed by atoms with Gasteiger partial charge in [0.05, 0.1) is 19.0 Å². The molecule has 6 heteroatoms. The molecular formula is C27H39NO5. The number of methoxy groups -OCH3 is 1. The van der Waals surface area contributed by atoms with Gasteiger partial charge in [-0.05, 0) is 98.5 Å². The van der Waals surface area contributed by atoms with Crippen LogP contribution in [0.3, 0.4) is 0 Å². The molecule has 4 aliphatic rings. The lowest BCUT2D eigenvalue weighted by atomic mass is 9.43. The van der Waals surface area contributed by atoms with Crippen molar-refractivity contribution in [3.05, 3.63) is 34.4 Å². The fraction of sp³-hybridized carbons (Fsp3) is 0.778. The van der Waals surface area contributed by atoms with Crippen molar-refractivity contribution in [3.63, 3.8) is 0 Å². The zero-order valence-corrected chi connectivity index (χ0v) is 20.5. The fourth-order valence-corrected chi connectivity index (χ4v) is 8.95. The highest BCUT2D eigenvalue weighted by molar-refractivity contribution is 5.67. The largest absolute Gasteiger partial charge is 0.453 e. The number of hydrogen-bond donors (Lipinski definition) is 1. The van der Waals surface area contributed by atoms with Crippen molar-refractivity contribution in [1.29, 1.82) is 0 Å². The smallest absolute Gasteiger partial charge is 0.409 e. The summed E-state index contributed by atoms with van der Waals surface area (Å²) >= 11 is 0. The minimum Gasteiger partial charge on any atom is -0.453 e. The Morgan fingerprint density at radius 1 is 1.09 bits per heavy atom. The molecule has 8 atom stereocenters. The first-order chi connectivity index (χ1) is 15.6. The number of aliphatic hydroxyl groups is 1. The van der Waals surface area contributed by atoms with Gasteiger partial charge in [-0.2, -0.15) is 0 Å². The molecule has 0 saturated heterocycles. The molecule has 1 amide bonds. The van der Waals surface area contributed by atoms with Crippen LogP contribution in [0.1, 0.15) is 83.1 Å². The molecule has 5 rings (SSSR count). The summed E-state index contributed by atoms with van der Waals surface area (Å²) in [4.78, 5) is 25.4. The van der Waals surface area contributed by atoms with Gasteiger partial charge in [-0.3, -0.25) is 0 Å². The van der Waals surface area contributed by atoms with E-state index in [1.54, 1.807) is 11.2 Å². The average molecular weight is 458 g/mol. The van der Waals surface area contributed by atoms with E-state index in [9.17, 15) is 14.7 Å². The van der Waals surface area contributed by atoms with E-state index in [0.717, 1.165) is 63.4 Å². The molecule has 33 heavy (non-hydrogen) atoms. The summed E-state index contributed by atoms with van der Waals surface area (Å²) in [6.07, 6.45) is 10.6. The van der Waals surface area contributed by atoms with E-state index in [2.05, 4.69) is 13.8 Å². The summed E-state index contributed by atoms with van der Waals surface area (Å²) in [6, 6.07) is 3.65. The Hall–Kier alpha value is -1.82. The van der Waals surface area contributed by atoms with E-state index in [1.165, 1.54) is 13.2 Å². The van der Waals surface area contributed by atoms with Crippen LogP contribution in [0.2, 0.25) is 0 Å². The summed E-state index contributed by atoms with van der Waals surface area (Å²) in [5.74, 6) is 1.64. The number of nitrogens with zero attached hydrogens (tertiary/aromatic N) is 1. The van der Waals surface area contributed by atoms with Crippen LogP contribution in [0.5, 0.6) is 0 Å². The maximum atomic E-state index is 12.3. The van der Waals surface area contributed by atoms with Crippen LogP contribution >= 0.6 is 0 Å². The molecule has 0 radical (unpaired) electrons. The Morgan fingerprint density at radius 3 is 2.58 bits per heavy atom. The van der Waals surface area contributed by atoms with Gasteiger partial charge in [-0.15, -0.1) is 0 Å². The number of rotatable bonds is 2. The average Bonchev–Trinajstić information content (AvgIpc) is 3.09. The van der Waals surface area contributed by atoms with E-state index < -0.39 is 5.60 Å². The molecule has 4 saturated carbocycles. The van der Waals surface area contributed by atoms with Crippen molar-refractivity contribution >= 4 is 6.09 Å². The zero-order chi connectivity index (χ0) is 23.6. The molecule has 6 nitrogen and oxygen atoms in total.